The van der Waals surface area contributed by atoms with E-state index < -0.39 is 119 Å². The first-order valence-corrected chi connectivity index (χ1v) is 28.5. The summed E-state index contributed by atoms with van der Waals surface area (Å²) >= 11 is 0. The van der Waals surface area contributed by atoms with E-state index in [1.165, 1.54) is 64.0 Å². The standard InChI is InChI=1S/C59H86N10O12/c1-29(2)24-42-52(74)60-34(11)48(70)64-44(26-31(5)6)58(80)66(14)36(13)50(72)63-43(25-30(3)4)53(75)61-41(51(73)65-45(27-32(7)8)59(81)67(15)35(12)49(71)62-42)18-16-17-23-68-54(76)37-19-21-39-47-40(22-20-38(46(37)47)55(68)77)57(79)69(56(39)78)28-33(9)10/h19-22,29-36,41-45H,16-18,23-28H2,1-15H3,(H,60,74)(H,61,75)(H,62,71)(H,63,72)(H,64,70)(H,65,73)/t34-,35-,36-,41-,42+,43+,44+,45+/m0/s1. The van der Waals surface area contributed by atoms with E-state index in [0.29, 0.717) is 0 Å². The van der Waals surface area contributed by atoms with Gasteiger partial charge in [0, 0.05) is 60.2 Å². The van der Waals surface area contributed by atoms with Crippen molar-refractivity contribution in [3.8, 4) is 0 Å². The zero-order valence-electron chi connectivity index (χ0n) is 49.9. The van der Waals surface area contributed by atoms with E-state index in [1.807, 2.05) is 69.2 Å². The minimum absolute atomic E-state index is 0.00632. The largest absolute Gasteiger partial charge is 0.343 e. The smallest absolute Gasteiger partial charge is 0.261 e. The molecule has 1 fully saturated rings. The summed E-state index contributed by atoms with van der Waals surface area (Å²) in [5, 5.41) is 17.0. The number of benzene rings is 2. The van der Waals surface area contributed by atoms with Crippen molar-refractivity contribution in [2.75, 3.05) is 27.2 Å². The first kappa shape index (κ1) is 64.6. The Morgan fingerprint density at radius 3 is 1.09 bits per heavy atom. The van der Waals surface area contributed by atoms with Gasteiger partial charge in [-0.3, -0.25) is 67.3 Å². The van der Waals surface area contributed by atoms with Crippen LogP contribution in [0.2, 0.25) is 0 Å². The summed E-state index contributed by atoms with van der Waals surface area (Å²) in [4.78, 5) is 174. The maximum absolute atomic E-state index is 14.7. The van der Waals surface area contributed by atoms with E-state index in [4.69, 9.17) is 0 Å². The highest BCUT2D eigenvalue weighted by molar-refractivity contribution is 6.33. The molecule has 0 aliphatic carbocycles. The van der Waals surface area contributed by atoms with Gasteiger partial charge in [0.15, 0.2) is 0 Å². The Labute approximate surface area is 475 Å². The number of rotatable bonds is 15. The number of carbonyl (C=O) groups is 12. The van der Waals surface area contributed by atoms with Crippen LogP contribution in [-0.4, -0.2) is 166 Å². The fraction of sp³-hybridized carbons (Fsp3) is 0.627. The maximum atomic E-state index is 14.7. The van der Waals surface area contributed by atoms with E-state index in [1.54, 1.807) is 0 Å². The molecule has 2 aromatic carbocycles. The molecule has 2 aromatic rings. The topological polar surface area (TPSA) is 290 Å². The number of likely N-dealkylation sites (N-methyl/N-ethyl adjacent to an activating group) is 2. The van der Waals surface area contributed by atoms with Gasteiger partial charge in [-0.1, -0.05) is 69.2 Å². The minimum Gasteiger partial charge on any atom is -0.343 e. The molecule has 1 saturated heterocycles. The van der Waals surface area contributed by atoms with Crippen molar-refractivity contribution >= 4 is 81.7 Å². The van der Waals surface area contributed by atoms with Crippen LogP contribution in [0.15, 0.2) is 24.3 Å². The van der Waals surface area contributed by atoms with Crippen LogP contribution in [0, 0.1) is 29.6 Å². The third-order valence-corrected chi connectivity index (χ3v) is 15.1. The van der Waals surface area contributed by atoms with Crippen LogP contribution in [0.3, 0.4) is 0 Å². The Bertz CT molecular complexity index is 2720. The molecule has 12 amide bonds. The Morgan fingerprint density at radius 2 is 0.704 bits per heavy atom. The molecule has 22 nitrogen and oxygen atoms in total. The van der Waals surface area contributed by atoms with Gasteiger partial charge in [-0.2, -0.15) is 0 Å². The summed E-state index contributed by atoms with van der Waals surface area (Å²) in [6.07, 6.45) is 0.705. The first-order chi connectivity index (χ1) is 37.9. The normalized spacial score (nSPS) is 24.5. The number of carbonyl (C=O) groups excluding carboxylic acids is 12. The average molecular weight is 1130 g/mol. The summed E-state index contributed by atoms with van der Waals surface area (Å²) in [5.41, 5.74) is 0.706. The van der Waals surface area contributed by atoms with Crippen molar-refractivity contribution in [3.05, 3.63) is 46.5 Å². The SMILES string of the molecule is CC(C)C[C@H]1NC(=O)[C@H](C)N(C)C(=O)[C@@H](CC(C)C)NC(=O)[C@H](C)NC(=O)[C@@H](CC(C)C)NC(=O)[C@H](C)N(C)C(=O)[C@@H](CC(C)C)NC(=O)[C@H](CCCCN2C(=O)c3ccc4c5c(ccc(c35)C2=O)C(=O)N(CC(C)C)C4=O)NC1=O. The van der Waals surface area contributed by atoms with Crippen molar-refractivity contribution in [3.63, 3.8) is 0 Å². The van der Waals surface area contributed by atoms with Crippen molar-refractivity contribution in [1.82, 2.24) is 51.5 Å². The van der Waals surface area contributed by atoms with Gasteiger partial charge in [-0.05, 0) is 120 Å². The number of nitrogens with one attached hydrogen (secondary N) is 6. The second kappa shape index (κ2) is 27.5. The molecule has 0 unspecified atom stereocenters. The number of unbranched alkanes of at least 4 members (excludes halogenated alkanes) is 1. The minimum atomic E-state index is -1.36. The van der Waals surface area contributed by atoms with E-state index in [0.717, 1.165) is 14.7 Å². The lowest BCUT2D eigenvalue weighted by Crippen LogP contribution is -2.61. The summed E-state index contributed by atoms with van der Waals surface area (Å²) < 4.78 is 0. The lowest BCUT2D eigenvalue weighted by molar-refractivity contribution is -0.143. The monoisotopic (exact) mass is 1130 g/mol. The predicted octanol–water partition coefficient (Wildman–Crippen LogP) is 3.68. The van der Waals surface area contributed by atoms with E-state index in [2.05, 4.69) is 31.9 Å². The molecular formula is C59H86N10O12. The molecular weight excluding hydrogens is 1040 g/mol. The van der Waals surface area contributed by atoms with Crippen LogP contribution >= 0.6 is 0 Å². The Morgan fingerprint density at radius 1 is 0.383 bits per heavy atom. The lowest BCUT2D eigenvalue weighted by Gasteiger charge is -2.33. The molecule has 0 radical (unpaired) electrons. The van der Waals surface area contributed by atoms with Gasteiger partial charge in [0.1, 0.15) is 48.3 Å². The van der Waals surface area contributed by atoms with E-state index in [-0.39, 0.29) is 121 Å². The molecule has 444 valence electrons. The van der Waals surface area contributed by atoms with E-state index in [9.17, 15) is 57.5 Å². The third-order valence-electron chi connectivity index (χ3n) is 15.1. The number of hydrogen-bond donors (Lipinski definition) is 6. The van der Waals surface area contributed by atoms with Crippen LogP contribution in [-0.2, 0) is 38.4 Å². The number of nitrogens with zero attached hydrogens (tertiary/aromatic N) is 4. The van der Waals surface area contributed by atoms with Gasteiger partial charge in [-0.25, -0.2) is 0 Å². The molecule has 0 spiro atoms. The van der Waals surface area contributed by atoms with Gasteiger partial charge in [0.2, 0.25) is 47.3 Å². The Hall–Kier alpha value is -7.26. The second-order valence-corrected chi connectivity index (χ2v) is 24.2. The second-order valence-electron chi connectivity index (χ2n) is 24.2. The average Bonchev–Trinajstić information content (AvgIpc) is 3.42. The quantitative estimate of drug-likeness (QED) is 0.110. The molecule has 22 heteroatoms. The van der Waals surface area contributed by atoms with E-state index >= 15 is 0 Å². The van der Waals surface area contributed by atoms with Crippen LogP contribution < -0.4 is 31.9 Å². The van der Waals surface area contributed by atoms with Gasteiger partial charge < -0.3 is 41.7 Å². The van der Waals surface area contributed by atoms with Crippen LogP contribution in [0.5, 0.6) is 0 Å². The van der Waals surface area contributed by atoms with Crippen molar-refractivity contribution < 1.29 is 57.5 Å². The number of hydrogen-bond acceptors (Lipinski definition) is 12. The molecule has 0 saturated carbocycles. The summed E-state index contributed by atoms with van der Waals surface area (Å²) in [7, 11) is 2.79. The summed E-state index contributed by atoms with van der Waals surface area (Å²) in [6, 6.07) is -3.67. The van der Waals surface area contributed by atoms with Crippen molar-refractivity contribution in [1.29, 1.82) is 0 Å². The predicted molar refractivity (Wildman–Crippen MR) is 303 cm³/mol. The highest BCUT2D eigenvalue weighted by atomic mass is 16.2. The van der Waals surface area contributed by atoms with Gasteiger partial charge in [0.05, 0.1) is 0 Å². The summed E-state index contributed by atoms with van der Waals surface area (Å²) in [6.45, 7) is 22.9. The summed E-state index contributed by atoms with van der Waals surface area (Å²) in [5.74, 6) is -8.43. The highest BCUT2D eigenvalue weighted by Crippen LogP contribution is 2.38. The maximum Gasteiger partial charge on any atom is 0.261 e. The molecule has 8 atom stereocenters. The first-order valence-electron chi connectivity index (χ1n) is 28.5. The lowest BCUT2D eigenvalue weighted by atomic mass is 9.85. The van der Waals surface area contributed by atoms with Gasteiger partial charge in [-0.15, -0.1) is 0 Å². The zero-order valence-corrected chi connectivity index (χ0v) is 49.9. The number of amides is 12. The molecule has 0 bridgehead atoms. The molecule has 81 heavy (non-hydrogen) atoms. The fourth-order valence-corrected chi connectivity index (χ4v) is 10.4. The third kappa shape index (κ3) is 15.4. The van der Waals surface area contributed by atoms with Gasteiger partial charge >= 0.3 is 0 Å². The molecule has 3 aliphatic heterocycles. The van der Waals surface area contributed by atoms with Crippen LogP contribution in [0.1, 0.15) is 176 Å². The Kier molecular flexibility index (Phi) is 21.9. The van der Waals surface area contributed by atoms with Crippen molar-refractivity contribution in [2.45, 2.75) is 183 Å². The van der Waals surface area contributed by atoms with Crippen LogP contribution in [0.4, 0.5) is 0 Å². The van der Waals surface area contributed by atoms with Crippen LogP contribution in [0.25, 0.3) is 10.8 Å². The van der Waals surface area contributed by atoms with Crippen molar-refractivity contribution in [2.24, 2.45) is 29.6 Å². The molecule has 3 aliphatic rings. The Balaban J connectivity index is 1.48. The highest BCUT2D eigenvalue weighted by Gasteiger charge is 2.41. The molecule has 0 aromatic heterocycles. The van der Waals surface area contributed by atoms with Gasteiger partial charge in [0.25, 0.3) is 23.6 Å². The fourth-order valence-electron chi connectivity index (χ4n) is 10.4. The number of imide groups is 2. The molecule has 6 N–H and O–H groups in total. The molecule has 3 heterocycles. The zero-order chi connectivity index (χ0) is 60.6. The molecule has 5 rings (SSSR count).